The van der Waals surface area contributed by atoms with Gasteiger partial charge in [-0.2, -0.15) is 0 Å². The molecule has 2 rings (SSSR count). The van der Waals surface area contributed by atoms with Crippen molar-refractivity contribution in [2.75, 3.05) is 7.05 Å². The molecule has 0 radical (unpaired) electrons. The number of rotatable bonds is 7. The second kappa shape index (κ2) is 12.8. The molecular formula is C29H56N2O. The summed E-state index contributed by atoms with van der Waals surface area (Å²) in [5.74, 6) is 0.464. The normalized spacial score (nSPS) is 31.3. The Morgan fingerprint density at radius 1 is 0.781 bits per heavy atom. The first-order chi connectivity index (χ1) is 15.2. The average Bonchev–Trinajstić information content (AvgIpc) is 3.07. The van der Waals surface area contributed by atoms with E-state index in [1.54, 1.807) is 7.05 Å². The predicted molar refractivity (Wildman–Crippen MR) is 139 cm³/mol. The van der Waals surface area contributed by atoms with Gasteiger partial charge in [-0.25, -0.2) is 0 Å². The molecule has 2 unspecified atom stereocenters. The molecule has 2 N–H and O–H groups in total. The highest BCUT2D eigenvalue weighted by molar-refractivity contribution is 5.81. The van der Waals surface area contributed by atoms with Gasteiger partial charge in [-0.3, -0.25) is 4.79 Å². The van der Waals surface area contributed by atoms with E-state index < -0.39 is 0 Å². The van der Waals surface area contributed by atoms with E-state index in [-0.39, 0.29) is 17.5 Å². The number of nitrogens with one attached hydrogen (secondary N) is 2. The molecular weight excluding hydrogens is 392 g/mol. The first kappa shape index (κ1) is 27.7. The summed E-state index contributed by atoms with van der Waals surface area (Å²) >= 11 is 0. The highest BCUT2D eigenvalue weighted by Crippen LogP contribution is 2.55. The summed E-state index contributed by atoms with van der Waals surface area (Å²) in [5, 5.41) is 7.03. The van der Waals surface area contributed by atoms with Crippen molar-refractivity contribution in [3.63, 3.8) is 0 Å². The molecule has 2 fully saturated rings. The van der Waals surface area contributed by atoms with Crippen LogP contribution in [0.1, 0.15) is 144 Å². The van der Waals surface area contributed by atoms with Crippen molar-refractivity contribution in [1.29, 1.82) is 0 Å². The molecule has 1 amide bonds. The third-order valence-electron chi connectivity index (χ3n) is 9.02. The van der Waals surface area contributed by atoms with Crippen LogP contribution in [-0.2, 0) is 4.79 Å². The van der Waals surface area contributed by atoms with E-state index in [1.807, 2.05) is 0 Å². The fourth-order valence-corrected chi connectivity index (χ4v) is 6.94. The molecule has 2 aliphatic rings. The third kappa shape index (κ3) is 8.33. The van der Waals surface area contributed by atoms with Crippen LogP contribution in [0, 0.1) is 16.7 Å². The van der Waals surface area contributed by atoms with Crippen LogP contribution in [-0.4, -0.2) is 24.5 Å². The minimum Gasteiger partial charge on any atom is -0.358 e. The molecule has 0 aromatic rings. The molecule has 3 atom stereocenters. The number of carbonyl (C=O) groups is 1. The Hall–Kier alpha value is -0.570. The topological polar surface area (TPSA) is 41.1 Å². The van der Waals surface area contributed by atoms with Crippen LogP contribution in [0.15, 0.2) is 0 Å². The summed E-state index contributed by atoms with van der Waals surface area (Å²) in [5.41, 5.74) is 0.969. The van der Waals surface area contributed by atoms with E-state index in [0.717, 1.165) is 0 Å². The Morgan fingerprint density at radius 2 is 1.25 bits per heavy atom. The molecule has 0 aliphatic heterocycles. The first-order valence-electron chi connectivity index (χ1n) is 14.2. The van der Waals surface area contributed by atoms with E-state index in [1.165, 1.54) is 109 Å². The molecule has 0 saturated heterocycles. The summed E-state index contributed by atoms with van der Waals surface area (Å²) in [6, 6.07) is -0.0988. The van der Waals surface area contributed by atoms with Crippen LogP contribution < -0.4 is 10.6 Å². The number of carbonyl (C=O) groups excluding carboxylic acids is 1. The van der Waals surface area contributed by atoms with Crippen LogP contribution >= 0.6 is 0 Å². The van der Waals surface area contributed by atoms with E-state index in [9.17, 15) is 4.79 Å². The summed E-state index contributed by atoms with van der Waals surface area (Å²) < 4.78 is 0. The minimum atomic E-state index is -0.0988. The number of hydrogen-bond donors (Lipinski definition) is 2. The molecule has 2 aliphatic carbocycles. The quantitative estimate of drug-likeness (QED) is 0.417. The van der Waals surface area contributed by atoms with Crippen molar-refractivity contribution in [2.45, 2.75) is 155 Å². The molecule has 32 heavy (non-hydrogen) atoms. The van der Waals surface area contributed by atoms with Gasteiger partial charge in [0.15, 0.2) is 0 Å². The van der Waals surface area contributed by atoms with Crippen LogP contribution in [0.3, 0.4) is 0 Å². The highest BCUT2D eigenvalue weighted by atomic mass is 16.2. The lowest BCUT2D eigenvalue weighted by Gasteiger charge is -2.45. The summed E-state index contributed by atoms with van der Waals surface area (Å²) in [6.45, 7) is 11.8. The van der Waals surface area contributed by atoms with E-state index in [2.05, 4.69) is 45.3 Å². The van der Waals surface area contributed by atoms with E-state index in [4.69, 9.17) is 0 Å². The summed E-state index contributed by atoms with van der Waals surface area (Å²) in [7, 11) is 1.79. The van der Waals surface area contributed by atoms with Crippen LogP contribution in [0.2, 0.25) is 0 Å². The minimum absolute atomic E-state index is 0.0865. The Kier molecular flexibility index (Phi) is 11.0. The maximum atomic E-state index is 12.9. The molecule has 3 heteroatoms. The van der Waals surface area contributed by atoms with Gasteiger partial charge in [-0.15, -0.1) is 0 Å². The lowest BCUT2D eigenvalue weighted by molar-refractivity contribution is -0.124. The molecule has 0 bridgehead atoms. The molecule has 3 nitrogen and oxygen atoms in total. The number of hydrogen-bond acceptors (Lipinski definition) is 2. The van der Waals surface area contributed by atoms with Gasteiger partial charge in [-0.05, 0) is 55.3 Å². The van der Waals surface area contributed by atoms with Crippen LogP contribution in [0.25, 0.3) is 0 Å². The largest absolute Gasteiger partial charge is 0.358 e. The molecule has 2 saturated carbocycles. The van der Waals surface area contributed by atoms with Crippen LogP contribution in [0.5, 0.6) is 0 Å². The van der Waals surface area contributed by atoms with Gasteiger partial charge in [-0.1, -0.05) is 105 Å². The molecule has 188 valence electrons. The Morgan fingerprint density at radius 3 is 1.66 bits per heavy atom. The zero-order valence-corrected chi connectivity index (χ0v) is 22.6. The zero-order valence-electron chi connectivity index (χ0n) is 22.6. The van der Waals surface area contributed by atoms with Gasteiger partial charge >= 0.3 is 0 Å². The van der Waals surface area contributed by atoms with Gasteiger partial charge in [0.05, 0.1) is 6.04 Å². The van der Waals surface area contributed by atoms with E-state index >= 15 is 0 Å². The Balaban J connectivity index is 2.29. The average molecular weight is 449 g/mol. The van der Waals surface area contributed by atoms with Gasteiger partial charge < -0.3 is 10.6 Å². The third-order valence-corrected chi connectivity index (χ3v) is 9.02. The van der Waals surface area contributed by atoms with Gasteiger partial charge in [0.2, 0.25) is 5.91 Å². The highest BCUT2D eigenvalue weighted by Gasteiger charge is 2.47. The van der Waals surface area contributed by atoms with Crippen molar-refractivity contribution in [1.82, 2.24) is 10.6 Å². The molecule has 0 heterocycles. The SMILES string of the molecule is CCC1(C)CCC(C)(CC2(N[C@H](C(=O)NC)C(C)C)CCCCCCCCCCCC2)C1. The lowest BCUT2D eigenvalue weighted by atomic mass is 9.69. The van der Waals surface area contributed by atoms with E-state index in [0.29, 0.717) is 16.7 Å². The summed E-state index contributed by atoms with van der Waals surface area (Å²) in [6.07, 6.45) is 22.7. The number of likely N-dealkylation sites (N-methyl/N-ethyl adjacent to an activating group) is 1. The lowest BCUT2D eigenvalue weighted by Crippen LogP contribution is -2.58. The van der Waals surface area contributed by atoms with Crippen molar-refractivity contribution >= 4 is 5.91 Å². The van der Waals surface area contributed by atoms with Crippen molar-refractivity contribution in [3.05, 3.63) is 0 Å². The van der Waals surface area contributed by atoms with Gasteiger partial charge in [0.1, 0.15) is 0 Å². The van der Waals surface area contributed by atoms with Crippen molar-refractivity contribution in [3.8, 4) is 0 Å². The molecule has 0 aromatic carbocycles. The second-order valence-electron chi connectivity index (χ2n) is 12.6. The van der Waals surface area contributed by atoms with Crippen molar-refractivity contribution < 1.29 is 4.79 Å². The van der Waals surface area contributed by atoms with Crippen LogP contribution in [0.4, 0.5) is 0 Å². The first-order valence-corrected chi connectivity index (χ1v) is 14.2. The zero-order chi connectivity index (χ0) is 23.7. The standard InChI is InChI=1S/C29H56N2O/c1-7-27(4)20-21-28(5,22-27)23-29(31-25(24(2)3)26(32)30-6)18-16-14-12-10-8-9-11-13-15-17-19-29/h24-25,31H,7-23H2,1-6H3,(H,30,32)/t25-,27?,28?/m0/s1. The van der Waals surface area contributed by atoms with Crippen molar-refractivity contribution in [2.24, 2.45) is 16.7 Å². The maximum absolute atomic E-state index is 12.9. The predicted octanol–water partition coefficient (Wildman–Crippen LogP) is 7.78. The second-order valence-corrected chi connectivity index (χ2v) is 12.6. The smallest absolute Gasteiger partial charge is 0.237 e. The Bertz CT molecular complexity index is 545. The van der Waals surface area contributed by atoms with Gasteiger partial charge in [0, 0.05) is 12.6 Å². The molecule has 0 spiro atoms. The van der Waals surface area contributed by atoms with Gasteiger partial charge in [0.25, 0.3) is 0 Å². The fraction of sp³-hybridized carbons (Fsp3) is 0.966. The summed E-state index contributed by atoms with van der Waals surface area (Å²) in [4.78, 5) is 12.9. The molecule has 0 aromatic heterocycles. The monoisotopic (exact) mass is 448 g/mol. The Labute approximate surface area is 200 Å². The number of amides is 1. The maximum Gasteiger partial charge on any atom is 0.237 e. The fourth-order valence-electron chi connectivity index (χ4n) is 6.94.